The summed E-state index contributed by atoms with van der Waals surface area (Å²) >= 11 is 0. The van der Waals surface area contributed by atoms with Gasteiger partial charge in [-0.05, 0) is 57.7 Å². The predicted molar refractivity (Wildman–Crippen MR) is 69.6 cm³/mol. The van der Waals surface area contributed by atoms with Crippen LogP contribution in [0.1, 0.15) is 46.0 Å². The van der Waals surface area contributed by atoms with Crippen molar-refractivity contribution in [1.29, 1.82) is 0 Å². The maximum absolute atomic E-state index is 3.90. The monoisotopic (exact) mass is 224 g/mol. The average Bonchev–Trinajstić information content (AvgIpc) is 2.30. The Morgan fingerprint density at radius 2 is 2.06 bits per heavy atom. The molecule has 0 aromatic carbocycles. The van der Waals surface area contributed by atoms with Crippen molar-refractivity contribution in [2.24, 2.45) is 11.8 Å². The first-order chi connectivity index (χ1) is 7.65. The SMILES string of the molecule is CC(C)C1(C2CCCN(C)C2)CCCCN1. The fraction of sp³-hybridized carbons (Fsp3) is 1.00. The van der Waals surface area contributed by atoms with E-state index in [0.717, 1.165) is 11.8 Å². The van der Waals surface area contributed by atoms with E-state index in [1.54, 1.807) is 0 Å². The van der Waals surface area contributed by atoms with Gasteiger partial charge in [-0.2, -0.15) is 0 Å². The van der Waals surface area contributed by atoms with Gasteiger partial charge in [0.2, 0.25) is 0 Å². The first kappa shape index (κ1) is 12.4. The van der Waals surface area contributed by atoms with Gasteiger partial charge in [0.25, 0.3) is 0 Å². The second-order valence-electron chi connectivity index (χ2n) is 6.18. The normalized spacial score (nSPS) is 37.9. The second kappa shape index (κ2) is 5.05. The van der Waals surface area contributed by atoms with Crippen molar-refractivity contribution in [2.45, 2.75) is 51.5 Å². The highest BCUT2D eigenvalue weighted by atomic mass is 15.1. The average molecular weight is 224 g/mol. The molecule has 2 fully saturated rings. The zero-order valence-electron chi connectivity index (χ0n) is 11.3. The second-order valence-corrected chi connectivity index (χ2v) is 6.18. The number of likely N-dealkylation sites (tertiary alicyclic amines) is 1. The molecule has 2 heteroatoms. The Bertz CT molecular complexity index is 219. The van der Waals surface area contributed by atoms with E-state index in [4.69, 9.17) is 0 Å². The fourth-order valence-electron chi connectivity index (χ4n) is 3.85. The molecule has 0 radical (unpaired) electrons. The van der Waals surface area contributed by atoms with Gasteiger partial charge in [0, 0.05) is 12.1 Å². The molecular formula is C14H28N2. The molecule has 16 heavy (non-hydrogen) atoms. The van der Waals surface area contributed by atoms with Gasteiger partial charge < -0.3 is 10.2 Å². The van der Waals surface area contributed by atoms with Gasteiger partial charge in [-0.25, -0.2) is 0 Å². The number of nitrogens with one attached hydrogen (secondary N) is 1. The number of rotatable bonds is 2. The lowest BCUT2D eigenvalue weighted by molar-refractivity contribution is 0.0524. The molecule has 94 valence electrons. The Hall–Kier alpha value is -0.0800. The highest BCUT2D eigenvalue weighted by Crippen LogP contribution is 2.38. The summed E-state index contributed by atoms with van der Waals surface area (Å²) in [4.78, 5) is 2.52. The predicted octanol–water partition coefficient (Wildman–Crippen LogP) is 2.50. The first-order valence-electron chi connectivity index (χ1n) is 7.09. The van der Waals surface area contributed by atoms with E-state index in [2.05, 4.69) is 31.1 Å². The van der Waals surface area contributed by atoms with Crippen LogP contribution in [0.5, 0.6) is 0 Å². The van der Waals surface area contributed by atoms with Crippen molar-refractivity contribution < 1.29 is 0 Å². The van der Waals surface area contributed by atoms with Crippen molar-refractivity contribution in [3.8, 4) is 0 Å². The number of nitrogens with zero attached hydrogens (tertiary/aromatic N) is 1. The maximum atomic E-state index is 3.90. The van der Waals surface area contributed by atoms with Gasteiger partial charge in [-0.1, -0.05) is 20.3 Å². The number of hydrogen-bond acceptors (Lipinski definition) is 2. The Morgan fingerprint density at radius 3 is 2.62 bits per heavy atom. The minimum Gasteiger partial charge on any atom is -0.311 e. The Labute approximate surface area is 101 Å². The zero-order chi connectivity index (χ0) is 11.6. The van der Waals surface area contributed by atoms with Crippen LogP contribution in [0.15, 0.2) is 0 Å². The molecule has 0 aliphatic carbocycles. The minimum absolute atomic E-state index is 0.437. The lowest BCUT2D eigenvalue weighted by Crippen LogP contribution is -2.60. The van der Waals surface area contributed by atoms with Crippen LogP contribution in [0.25, 0.3) is 0 Å². The molecule has 2 unspecified atom stereocenters. The quantitative estimate of drug-likeness (QED) is 0.775. The molecule has 0 saturated carbocycles. The molecule has 1 N–H and O–H groups in total. The third-order valence-electron chi connectivity index (χ3n) is 4.85. The van der Waals surface area contributed by atoms with Crippen LogP contribution in [0.2, 0.25) is 0 Å². The summed E-state index contributed by atoms with van der Waals surface area (Å²) in [6.45, 7) is 8.65. The van der Waals surface area contributed by atoms with Crippen LogP contribution < -0.4 is 5.32 Å². The largest absolute Gasteiger partial charge is 0.311 e. The summed E-state index contributed by atoms with van der Waals surface area (Å²) < 4.78 is 0. The van der Waals surface area contributed by atoms with Crippen molar-refractivity contribution >= 4 is 0 Å². The van der Waals surface area contributed by atoms with Gasteiger partial charge in [0.05, 0.1) is 0 Å². The highest BCUT2D eigenvalue weighted by molar-refractivity contribution is 5.00. The summed E-state index contributed by atoms with van der Waals surface area (Å²) in [7, 11) is 2.28. The zero-order valence-corrected chi connectivity index (χ0v) is 11.3. The maximum Gasteiger partial charge on any atom is 0.0244 e. The summed E-state index contributed by atoms with van der Waals surface area (Å²) in [6.07, 6.45) is 7.00. The smallest absolute Gasteiger partial charge is 0.0244 e. The van der Waals surface area contributed by atoms with E-state index in [9.17, 15) is 0 Å². The number of hydrogen-bond donors (Lipinski definition) is 1. The van der Waals surface area contributed by atoms with Crippen LogP contribution in [0, 0.1) is 11.8 Å². The molecule has 2 aliphatic heterocycles. The van der Waals surface area contributed by atoms with Crippen molar-refractivity contribution in [3.05, 3.63) is 0 Å². The van der Waals surface area contributed by atoms with E-state index >= 15 is 0 Å². The third kappa shape index (κ3) is 2.28. The molecule has 2 nitrogen and oxygen atoms in total. The molecule has 0 aromatic heterocycles. The standard InChI is InChI=1S/C14H28N2/c1-12(2)14(8-4-5-9-15-14)13-7-6-10-16(3)11-13/h12-13,15H,4-11H2,1-3H3. The van der Waals surface area contributed by atoms with Gasteiger partial charge in [-0.3, -0.25) is 0 Å². The highest BCUT2D eigenvalue weighted by Gasteiger charge is 2.42. The Kier molecular flexibility index (Phi) is 3.91. The van der Waals surface area contributed by atoms with Gasteiger partial charge >= 0.3 is 0 Å². The van der Waals surface area contributed by atoms with E-state index in [1.165, 1.54) is 51.7 Å². The lowest BCUT2D eigenvalue weighted by atomic mass is 9.68. The molecule has 2 saturated heterocycles. The molecule has 2 rings (SSSR count). The van der Waals surface area contributed by atoms with E-state index < -0.39 is 0 Å². The van der Waals surface area contributed by atoms with Crippen LogP contribution in [0.3, 0.4) is 0 Å². The van der Waals surface area contributed by atoms with Crippen molar-refractivity contribution in [1.82, 2.24) is 10.2 Å². The molecule has 2 aliphatic rings. The van der Waals surface area contributed by atoms with Crippen LogP contribution in [-0.4, -0.2) is 37.1 Å². The van der Waals surface area contributed by atoms with Gasteiger partial charge in [0.15, 0.2) is 0 Å². The van der Waals surface area contributed by atoms with Crippen LogP contribution >= 0.6 is 0 Å². The Balaban J connectivity index is 2.11. The van der Waals surface area contributed by atoms with Gasteiger partial charge in [-0.15, -0.1) is 0 Å². The number of piperidine rings is 2. The summed E-state index contributed by atoms with van der Waals surface area (Å²) in [6, 6.07) is 0. The van der Waals surface area contributed by atoms with Gasteiger partial charge in [0.1, 0.15) is 0 Å². The first-order valence-corrected chi connectivity index (χ1v) is 7.09. The lowest BCUT2D eigenvalue weighted by Gasteiger charge is -2.50. The summed E-state index contributed by atoms with van der Waals surface area (Å²) in [5, 5.41) is 3.90. The van der Waals surface area contributed by atoms with E-state index in [-0.39, 0.29) is 0 Å². The molecule has 0 bridgehead atoms. The van der Waals surface area contributed by atoms with Crippen LogP contribution in [0.4, 0.5) is 0 Å². The molecule has 0 aromatic rings. The molecule has 0 spiro atoms. The summed E-state index contributed by atoms with van der Waals surface area (Å²) in [5.41, 5.74) is 0.437. The van der Waals surface area contributed by atoms with Crippen molar-refractivity contribution in [2.75, 3.05) is 26.7 Å². The fourth-order valence-corrected chi connectivity index (χ4v) is 3.85. The molecule has 2 atom stereocenters. The molecular weight excluding hydrogens is 196 g/mol. The van der Waals surface area contributed by atoms with Crippen molar-refractivity contribution in [3.63, 3.8) is 0 Å². The minimum atomic E-state index is 0.437. The topological polar surface area (TPSA) is 15.3 Å². The van der Waals surface area contributed by atoms with E-state index in [0.29, 0.717) is 5.54 Å². The molecule has 0 amide bonds. The third-order valence-corrected chi connectivity index (χ3v) is 4.85. The van der Waals surface area contributed by atoms with Crippen LogP contribution in [-0.2, 0) is 0 Å². The molecule has 2 heterocycles. The van der Waals surface area contributed by atoms with E-state index in [1.807, 2.05) is 0 Å². The Morgan fingerprint density at radius 1 is 1.25 bits per heavy atom. The summed E-state index contributed by atoms with van der Waals surface area (Å²) in [5.74, 6) is 1.64.